The van der Waals surface area contributed by atoms with Gasteiger partial charge in [-0.1, -0.05) is 13.0 Å². The molecule has 0 aliphatic rings. The third-order valence-corrected chi connectivity index (χ3v) is 3.29. The van der Waals surface area contributed by atoms with Gasteiger partial charge in [-0.2, -0.15) is 0 Å². The fourth-order valence-corrected chi connectivity index (χ4v) is 2.32. The Bertz CT molecular complexity index is 682. The largest absolute Gasteiger partial charge is 0.354 e. The Labute approximate surface area is 118 Å². The van der Waals surface area contributed by atoms with E-state index in [4.69, 9.17) is 0 Å². The second-order valence-electron chi connectivity index (χ2n) is 4.91. The van der Waals surface area contributed by atoms with Crippen molar-refractivity contribution in [2.24, 2.45) is 0 Å². The van der Waals surface area contributed by atoms with Crippen molar-refractivity contribution in [3.8, 4) is 0 Å². The first kappa shape index (κ1) is 12.9. The maximum atomic E-state index is 4.21. The Morgan fingerprint density at radius 1 is 1.10 bits per heavy atom. The van der Waals surface area contributed by atoms with Gasteiger partial charge in [0.05, 0.1) is 6.54 Å². The van der Waals surface area contributed by atoms with Crippen LogP contribution in [0.3, 0.4) is 0 Å². The van der Waals surface area contributed by atoms with Gasteiger partial charge in [-0.05, 0) is 30.2 Å². The van der Waals surface area contributed by atoms with Crippen molar-refractivity contribution in [1.82, 2.24) is 24.5 Å². The highest BCUT2D eigenvalue weighted by atomic mass is 15.3. The summed E-state index contributed by atoms with van der Waals surface area (Å²) in [7, 11) is 0. The lowest BCUT2D eigenvalue weighted by molar-refractivity contribution is 0.648. The molecular weight excluding hydrogens is 250 g/mol. The van der Waals surface area contributed by atoms with E-state index >= 15 is 0 Å². The Morgan fingerprint density at radius 3 is 2.95 bits per heavy atom. The summed E-state index contributed by atoms with van der Waals surface area (Å²) < 4.78 is 4.23. The summed E-state index contributed by atoms with van der Waals surface area (Å²) in [6, 6.07) is 8.08. The van der Waals surface area contributed by atoms with E-state index in [9.17, 15) is 0 Å². The molecule has 5 nitrogen and oxygen atoms in total. The van der Waals surface area contributed by atoms with Crippen LogP contribution in [0.5, 0.6) is 0 Å². The van der Waals surface area contributed by atoms with Gasteiger partial charge in [0.1, 0.15) is 0 Å². The zero-order valence-electron chi connectivity index (χ0n) is 11.7. The minimum absolute atomic E-state index is 0.712. The molecule has 0 atom stereocenters. The molecule has 0 saturated carbocycles. The maximum absolute atomic E-state index is 4.21. The third-order valence-electron chi connectivity index (χ3n) is 3.29. The van der Waals surface area contributed by atoms with Gasteiger partial charge in [-0.3, -0.25) is 4.40 Å². The summed E-state index contributed by atoms with van der Waals surface area (Å²) in [5, 5.41) is 11.8. The van der Waals surface area contributed by atoms with Gasteiger partial charge in [0.15, 0.2) is 11.5 Å². The monoisotopic (exact) mass is 269 g/mol. The first-order chi connectivity index (χ1) is 9.86. The van der Waals surface area contributed by atoms with Crippen molar-refractivity contribution in [3.05, 3.63) is 54.2 Å². The number of hydrogen-bond acceptors (Lipinski definition) is 3. The Balaban J connectivity index is 1.59. The Hall–Kier alpha value is -2.14. The van der Waals surface area contributed by atoms with E-state index in [0.29, 0.717) is 6.54 Å². The number of aryl methyl sites for hydroxylation is 1. The van der Waals surface area contributed by atoms with Gasteiger partial charge in [0.25, 0.3) is 0 Å². The molecule has 0 radical (unpaired) electrons. The molecular formula is C15H19N5. The molecule has 20 heavy (non-hydrogen) atoms. The molecule has 5 heteroatoms. The first-order valence-electron chi connectivity index (χ1n) is 7.01. The summed E-state index contributed by atoms with van der Waals surface area (Å²) >= 11 is 0. The molecule has 0 spiro atoms. The lowest BCUT2D eigenvalue weighted by atomic mass is 10.3. The summed E-state index contributed by atoms with van der Waals surface area (Å²) in [5.41, 5.74) is 2.19. The summed E-state index contributed by atoms with van der Waals surface area (Å²) in [6.45, 7) is 4.83. The minimum atomic E-state index is 0.712. The predicted molar refractivity (Wildman–Crippen MR) is 78.3 cm³/mol. The van der Waals surface area contributed by atoms with Crippen LogP contribution in [-0.4, -0.2) is 19.2 Å². The van der Waals surface area contributed by atoms with Crippen LogP contribution >= 0.6 is 0 Å². The number of fused-ring (bicyclic) bond motifs is 1. The molecule has 0 amide bonds. The van der Waals surface area contributed by atoms with Gasteiger partial charge in [-0.15, -0.1) is 10.2 Å². The quantitative estimate of drug-likeness (QED) is 0.746. The molecule has 0 bridgehead atoms. The average Bonchev–Trinajstić information content (AvgIpc) is 3.07. The Morgan fingerprint density at radius 2 is 2.05 bits per heavy atom. The molecule has 0 fully saturated rings. The number of hydrogen-bond donors (Lipinski definition) is 1. The molecule has 0 aromatic carbocycles. The highest BCUT2D eigenvalue weighted by Crippen LogP contribution is 2.04. The third kappa shape index (κ3) is 2.72. The Kier molecular flexibility index (Phi) is 3.78. The zero-order chi connectivity index (χ0) is 13.8. The lowest BCUT2D eigenvalue weighted by Gasteiger charge is -2.02. The summed E-state index contributed by atoms with van der Waals surface area (Å²) in [4.78, 5) is 0. The average molecular weight is 269 g/mol. The minimum Gasteiger partial charge on any atom is -0.354 e. The normalized spacial score (nSPS) is 11.2. The van der Waals surface area contributed by atoms with E-state index in [0.717, 1.165) is 31.0 Å². The van der Waals surface area contributed by atoms with Crippen LogP contribution in [0.4, 0.5) is 0 Å². The summed E-state index contributed by atoms with van der Waals surface area (Å²) in [6.07, 6.45) is 7.47. The SMILES string of the molecule is CCCn1ccc(CNCc2nnc3ccccn23)c1. The van der Waals surface area contributed by atoms with Crippen LogP contribution in [0.25, 0.3) is 5.65 Å². The van der Waals surface area contributed by atoms with Gasteiger partial charge in [-0.25, -0.2) is 0 Å². The molecule has 104 valence electrons. The fourth-order valence-electron chi connectivity index (χ4n) is 2.32. The fraction of sp³-hybridized carbons (Fsp3) is 0.333. The van der Waals surface area contributed by atoms with E-state index in [2.05, 4.69) is 45.5 Å². The highest BCUT2D eigenvalue weighted by molar-refractivity contribution is 5.36. The molecule has 3 aromatic rings. The second-order valence-corrected chi connectivity index (χ2v) is 4.91. The van der Waals surface area contributed by atoms with E-state index < -0.39 is 0 Å². The predicted octanol–water partition coefficient (Wildman–Crippen LogP) is 2.23. The van der Waals surface area contributed by atoms with E-state index in [1.54, 1.807) is 0 Å². The van der Waals surface area contributed by atoms with Gasteiger partial charge in [0.2, 0.25) is 0 Å². The number of aromatic nitrogens is 4. The summed E-state index contributed by atoms with van der Waals surface area (Å²) in [5.74, 6) is 0.939. The number of nitrogens with one attached hydrogen (secondary N) is 1. The van der Waals surface area contributed by atoms with Gasteiger partial charge < -0.3 is 9.88 Å². The maximum Gasteiger partial charge on any atom is 0.160 e. The van der Waals surface area contributed by atoms with Crippen LogP contribution in [-0.2, 0) is 19.6 Å². The van der Waals surface area contributed by atoms with Crippen LogP contribution in [0.1, 0.15) is 24.7 Å². The molecule has 3 aromatic heterocycles. The number of nitrogens with zero attached hydrogens (tertiary/aromatic N) is 4. The lowest BCUT2D eigenvalue weighted by Crippen LogP contribution is -2.14. The van der Waals surface area contributed by atoms with Crippen molar-refractivity contribution in [2.75, 3.05) is 0 Å². The van der Waals surface area contributed by atoms with Crippen molar-refractivity contribution < 1.29 is 0 Å². The smallest absolute Gasteiger partial charge is 0.160 e. The molecule has 3 rings (SSSR count). The van der Waals surface area contributed by atoms with Gasteiger partial charge >= 0.3 is 0 Å². The molecule has 0 saturated heterocycles. The van der Waals surface area contributed by atoms with Crippen molar-refractivity contribution in [3.63, 3.8) is 0 Å². The van der Waals surface area contributed by atoms with Crippen LogP contribution in [0, 0.1) is 0 Å². The van der Waals surface area contributed by atoms with Crippen LogP contribution in [0.15, 0.2) is 42.9 Å². The van der Waals surface area contributed by atoms with Crippen LogP contribution < -0.4 is 5.32 Å². The molecule has 0 aliphatic heterocycles. The molecule has 0 aliphatic carbocycles. The zero-order valence-corrected chi connectivity index (χ0v) is 11.7. The topological polar surface area (TPSA) is 47.2 Å². The molecule has 1 N–H and O–H groups in total. The van der Waals surface area contributed by atoms with E-state index in [-0.39, 0.29) is 0 Å². The van der Waals surface area contributed by atoms with E-state index in [1.165, 1.54) is 5.56 Å². The van der Waals surface area contributed by atoms with Crippen molar-refractivity contribution in [1.29, 1.82) is 0 Å². The van der Waals surface area contributed by atoms with E-state index in [1.807, 2.05) is 28.8 Å². The van der Waals surface area contributed by atoms with Crippen LogP contribution in [0.2, 0.25) is 0 Å². The first-order valence-corrected chi connectivity index (χ1v) is 7.01. The number of rotatable bonds is 6. The number of pyridine rings is 1. The second kappa shape index (κ2) is 5.88. The van der Waals surface area contributed by atoms with Gasteiger partial charge in [0, 0.05) is 31.7 Å². The molecule has 3 heterocycles. The standard InChI is InChI=1S/C15H19N5/c1-2-7-19-9-6-13(12-19)10-16-11-15-18-17-14-5-3-4-8-20(14)15/h3-6,8-9,12,16H,2,7,10-11H2,1H3. The van der Waals surface area contributed by atoms with Crippen molar-refractivity contribution in [2.45, 2.75) is 33.0 Å². The van der Waals surface area contributed by atoms with Crippen molar-refractivity contribution >= 4 is 5.65 Å². The highest BCUT2D eigenvalue weighted by Gasteiger charge is 2.04. The molecule has 0 unspecified atom stereocenters.